The van der Waals surface area contributed by atoms with Crippen LogP contribution in [0.2, 0.25) is 0 Å². The van der Waals surface area contributed by atoms with E-state index in [0.717, 1.165) is 5.56 Å². The van der Waals surface area contributed by atoms with Gasteiger partial charge < -0.3 is 5.73 Å². The van der Waals surface area contributed by atoms with Crippen molar-refractivity contribution in [3.8, 4) is 0 Å². The number of rotatable bonds is 2. The van der Waals surface area contributed by atoms with E-state index in [0.29, 0.717) is 12.1 Å². The average molecular weight is 219 g/mol. The molecule has 1 aliphatic heterocycles. The molecular formula is C11H13N3O2. The normalized spacial score (nSPS) is 20.1. The zero-order valence-corrected chi connectivity index (χ0v) is 8.93. The third-order valence-corrected chi connectivity index (χ3v) is 2.61. The van der Waals surface area contributed by atoms with Crippen molar-refractivity contribution in [3.63, 3.8) is 0 Å². The molecular weight excluding hydrogens is 206 g/mol. The van der Waals surface area contributed by atoms with Gasteiger partial charge >= 0.3 is 0 Å². The molecule has 0 bridgehead atoms. The van der Waals surface area contributed by atoms with Crippen molar-refractivity contribution in [2.75, 3.05) is 12.8 Å². The number of carbonyl (C=O) groups is 2. The van der Waals surface area contributed by atoms with Crippen molar-refractivity contribution >= 4 is 17.5 Å². The predicted octanol–water partition coefficient (Wildman–Crippen LogP) is -0.0693. The van der Waals surface area contributed by atoms with E-state index in [-0.39, 0.29) is 11.8 Å². The van der Waals surface area contributed by atoms with Crippen molar-refractivity contribution in [1.82, 2.24) is 10.4 Å². The second-order valence-corrected chi connectivity index (χ2v) is 3.88. The lowest BCUT2D eigenvalue weighted by atomic mass is 9.98. The quantitative estimate of drug-likeness (QED) is 0.540. The molecule has 0 saturated carbocycles. The van der Waals surface area contributed by atoms with Crippen molar-refractivity contribution < 1.29 is 9.59 Å². The molecule has 1 heterocycles. The number of nitrogens with one attached hydrogen (secondary N) is 1. The second-order valence-electron chi connectivity index (χ2n) is 3.88. The summed E-state index contributed by atoms with van der Waals surface area (Å²) in [5.41, 5.74) is 9.63. The Morgan fingerprint density at radius 2 is 2.19 bits per heavy atom. The van der Waals surface area contributed by atoms with Crippen LogP contribution in [0.5, 0.6) is 0 Å². The summed E-state index contributed by atoms with van der Waals surface area (Å²) < 4.78 is 0. The number of hydrogen-bond acceptors (Lipinski definition) is 3. The average Bonchev–Trinajstić information content (AvgIpc) is 2.45. The number of benzene rings is 1. The fourth-order valence-corrected chi connectivity index (χ4v) is 1.78. The van der Waals surface area contributed by atoms with E-state index in [2.05, 4.69) is 5.43 Å². The smallest absolute Gasteiger partial charge is 0.253 e. The maximum atomic E-state index is 11.6. The first-order chi connectivity index (χ1) is 7.58. The Morgan fingerprint density at radius 3 is 2.75 bits per heavy atom. The van der Waals surface area contributed by atoms with Gasteiger partial charge in [-0.05, 0) is 24.1 Å². The van der Waals surface area contributed by atoms with Gasteiger partial charge in [-0.1, -0.05) is 12.1 Å². The zero-order valence-electron chi connectivity index (χ0n) is 8.93. The van der Waals surface area contributed by atoms with E-state index in [4.69, 9.17) is 5.73 Å². The highest BCUT2D eigenvalue weighted by atomic mass is 16.2. The fourth-order valence-electron chi connectivity index (χ4n) is 1.78. The van der Waals surface area contributed by atoms with Crippen molar-refractivity contribution in [3.05, 3.63) is 29.8 Å². The summed E-state index contributed by atoms with van der Waals surface area (Å²) in [6, 6.07) is 7.21. The van der Waals surface area contributed by atoms with Crippen molar-refractivity contribution in [2.24, 2.45) is 5.92 Å². The van der Waals surface area contributed by atoms with Crippen LogP contribution < -0.4 is 11.2 Å². The molecule has 0 aromatic heterocycles. The van der Waals surface area contributed by atoms with E-state index in [1.54, 1.807) is 19.2 Å². The zero-order chi connectivity index (χ0) is 11.7. The van der Waals surface area contributed by atoms with Crippen LogP contribution in [0.1, 0.15) is 5.56 Å². The molecule has 1 fully saturated rings. The molecule has 1 aliphatic rings. The summed E-state index contributed by atoms with van der Waals surface area (Å²) >= 11 is 0. The van der Waals surface area contributed by atoms with Gasteiger partial charge in [0.05, 0.1) is 0 Å². The van der Waals surface area contributed by atoms with Gasteiger partial charge in [0, 0.05) is 12.7 Å². The summed E-state index contributed by atoms with van der Waals surface area (Å²) in [5.74, 6) is -1.09. The lowest BCUT2D eigenvalue weighted by Crippen LogP contribution is -2.31. The maximum absolute atomic E-state index is 11.6. The summed E-state index contributed by atoms with van der Waals surface area (Å²) in [5, 5.41) is 1.22. The van der Waals surface area contributed by atoms with E-state index in [1.165, 1.54) is 5.01 Å². The minimum Gasteiger partial charge on any atom is -0.399 e. The first-order valence-corrected chi connectivity index (χ1v) is 5.00. The number of hydrazine groups is 1. The molecule has 1 unspecified atom stereocenters. The number of amides is 2. The lowest BCUT2D eigenvalue weighted by molar-refractivity contribution is -0.131. The molecule has 0 spiro atoms. The Balaban J connectivity index is 2.16. The molecule has 84 valence electrons. The molecule has 5 heteroatoms. The number of hydrogen-bond donors (Lipinski definition) is 2. The van der Waals surface area contributed by atoms with Gasteiger partial charge in [-0.15, -0.1) is 0 Å². The first kappa shape index (κ1) is 10.5. The van der Waals surface area contributed by atoms with E-state index in [1.807, 2.05) is 12.1 Å². The van der Waals surface area contributed by atoms with Crippen molar-refractivity contribution in [1.29, 1.82) is 0 Å². The predicted molar refractivity (Wildman–Crippen MR) is 59.0 cm³/mol. The molecule has 0 radical (unpaired) electrons. The maximum Gasteiger partial charge on any atom is 0.253 e. The highest BCUT2D eigenvalue weighted by Gasteiger charge is 2.36. The molecule has 2 amide bonds. The SMILES string of the molecule is CN1NC(=O)C(Cc2cccc(N)c2)C1=O. The van der Waals surface area contributed by atoms with Crippen LogP contribution in [0.4, 0.5) is 5.69 Å². The molecule has 1 aromatic carbocycles. The Hall–Kier alpha value is -2.04. The Bertz CT molecular complexity index is 445. The van der Waals surface area contributed by atoms with Gasteiger partial charge in [-0.25, -0.2) is 0 Å². The molecule has 16 heavy (non-hydrogen) atoms. The number of carbonyl (C=O) groups excluding carboxylic acids is 2. The number of nitrogens with two attached hydrogens (primary N) is 1. The van der Waals surface area contributed by atoms with E-state index >= 15 is 0 Å². The summed E-state index contributed by atoms with van der Waals surface area (Å²) in [7, 11) is 1.54. The third-order valence-electron chi connectivity index (χ3n) is 2.61. The molecule has 5 nitrogen and oxygen atoms in total. The largest absolute Gasteiger partial charge is 0.399 e. The first-order valence-electron chi connectivity index (χ1n) is 5.00. The molecule has 1 atom stereocenters. The minimum atomic E-state index is -0.633. The van der Waals surface area contributed by atoms with Crippen molar-refractivity contribution in [2.45, 2.75) is 6.42 Å². The Morgan fingerprint density at radius 1 is 1.44 bits per heavy atom. The van der Waals surface area contributed by atoms with Gasteiger partial charge in [0.2, 0.25) is 0 Å². The monoisotopic (exact) mass is 219 g/mol. The molecule has 2 rings (SSSR count). The van der Waals surface area contributed by atoms with Crippen LogP contribution in [0.25, 0.3) is 0 Å². The molecule has 1 aromatic rings. The van der Waals surface area contributed by atoms with Crippen LogP contribution in [-0.2, 0) is 16.0 Å². The minimum absolute atomic E-state index is 0.201. The topological polar surface area (TPSA) is 75.4 Å². The van der Waals surface area contributed by atoms with E-state index in [9.17, 15) is 9.59 Å². The van der Waals surface area contributed by atoms with Gasteiger partial charge in [-0.3, -0.25) is 20.0 Å². The fraction of sp³-hybridized carbons (Fsp3) is 0.273. The Labute approximate surface area is 93.2 Å². The van der Waals surface area contributed by atoms with Gasteiger partial charge in [0.15, 0.2) is 0 Å². The number of nitrogens with zero attached hydrogens (tertiary/aromatic N) is 1. The summed E-state index contributed by atoms with van der Waals surface area (Å²) in [6.45, 7) is 0. The van der Waals surface area contributed by atoms with Crippen LogP contribution in [0.3, 0.4) is 0 Å². The van der Waals surface area contributed by atoms with Gasteiger partial charge in [0.1, 0.15) is 5.92 Å². The van der Waals surface area contributed by atoms with Crippen LogP contribution in [0.15, 0.2) is 24.3 Å². The number of anilines is 1. The second kappa shape index (κ2) is 3.84. The van der Waals surface area contributed by atoms with Crippen LogP contribution in [-0.4, -0.2) is 23.9 Å². The number of nitrogen functional groups attached to an aromatic ring is 1. The lowest BCUT2D eigenvalue weighted by Gasteiger charge is -2.07. The third kappa shape index (κ3) is 1.84. The van der Waals surface area contributed by atoms with E-state index < -0.39 is 5.92 Å². The summed E-state index contributed by atoms with van der Waals surface area (Å²) in [6.07, 6.45) is 0.389. The standard InChI is InChI=1S/C11H13N3O2/c1-14-11(16)9(10(15)13-14)6-7-3-2-4-8(12)5-7/h2-5,9H,6,12H2,1H3,(H,13,15). The van der Waals surface area contributed by atoms with Gasteiger partial charge in [0.25, 0.3) is 11.8 Å². The molecule has 1 saturated heterocycles. The van der Waals surface area contributed by atoms with Gasteiger partial charge in [-0.2, -0.15) is 0 Å². The highest BCUT2D eigenvalue weighted by Crippen LogP contribution is 2.17. The molecule has 3 N–H and O–H groups in total. The van der Waals surface area contributed by atoms with Crippen LogP contribution in [0, 0.1) is 5.92 Å². The Kier molecular flexibility index (Phi) is 2.52. The summed E-state index contributed by atoms with van der Waals surface area (Å²) in [4.78, 5) is 23.1. The van der Waals surface area contributed by atoms with Crippen LogP contribution >= 0.6 is 0 Å². The molecule has 0 aliphatic carbocycles. The highest BCUT2D eigenvalue weighted by molar-refractivity contribution is 6.05.